The number of nitrogens with zero attached hydrogens (tertiary/aromatic N) is 3. The van der Waals surface area contributed by atoms with Crippen LogP contribution in [-0.2, 0) is 5.41 Å². The summed E-state index contributed by atoms with van der Waals surface area (Å²) in [5.74, 6) is 0. The second-order valence-corrected chi connectivity index (χ2v) is 5.79. The average Bonchev–Trinajstić information content (AvgIpc) is 2.82. The maximum absolute atomic E-state index is 4.22. The van der Waals surface area contributed by atoms with Gasteiger partial charge in [-0.1, -0.05) is 50.3 Å². The molecule has 0 saturated carbocycles. The summed E-state index contributed by atoms with van der Waals surface area (Å²) in [7, 11) is 0. The first-order valence-corrected chi connectivity index (χ1v) is 6.47. The fourth-order valence-corrected chi connectivity index (χ4v) is 2.16. The van der Waals surface area contributed by atoms with Crippen molar-refractivity contribution in [2.24, 2.45) is 0 Å². The Bertz CT molecular complexity index is 703. The molecule has 0 atom stereocenters. The first kappa shape index (κ1) is 11.9. The molecular formula is C16H17N3. The van der Waals surface area contributed by atoms with E-state index in [-0.39, 0.29) is 5.41 Å². The van der Waals surface area contributed by atoms with Gasteiger partial charge in [0.2, 0.25) is 0 Å². The van der Waals surface area contributed by atoms with E-state index < -0.39 is 0 Å². The van der Waals surface area contributed by atoms with E-state index in [1.807, 2.05) is 28.9 Å². The molecule has 0 amide bonds. The highest BCUT2D eigenvalue weighted by Crippen LogP contribution is 2.24. The largest absolute Gasteiger partial charge is 0.213 e. The molecule has 19 heavy (non-hydrogen) atoms. The summed E-state index contributed by atoms with van der Waals surface area (Å²) in [6, 6.07) is 16.5. The highest BCUT2D eigenvalue weighted by atomic mass is 15.4. The molecule has 3 heteroatoms. The first-order chi connectivity index (χ1) is 9.05. The minimum atomic E-state index is 0.170. The van der Waals surface area contributed by atoms with Crippen molar-refractivity contribution in [2.75, 3.05) is 0 Å². The standard InChI is InChI=1S/C16H17N3/c1-16(2,3)12-8-10-13(11-9-12)19-15-7-5-4-6-14(15)17-18-19/h4-11H,1-3H3. The maximum Gasteiger partial charge on any atom is 0.113 e. The number of hydrogen-bond donors (Lipinski definition) is 0. The SMILES string of the molecule is CC(C)(C)c1ccc(-n2nnc3ccccc32)cc1. The lowest BCUT2D eigenvalue weighted by Crippen LogP contribution is -2.11. The molecule has 1 aromatic heterocycles. The predicted molar refractivity (Wildman–Crippen MR) is 77.6 cm³/mol. The van der Waals surface area contributed by atoms with Crippen LogP contribution < -0.4 is 0 Å². The zero-order chi connectivity index (χ0) is 13.5. The summed E-state index contributed by atoms with van der Waals surface area (Å²) in [5.41, 5.74) is 4.49. The number of hydrogen-bond acceptors (Lipinski definition) is 2. The molecule has 3 nitrogen and oxygen atoms in total. The molecular weight excluding hydrogens is 234 g/mol. The highest BCUT2D eigenvalue weighted by molar-refractivity contribution is 5.75. The molecule has 0 aliphatic heterocycles. The van der Waals surface area contributed by atoms with E-state index >= 15 is 0 Å². The molecule has 0 saturated heterocycles. The third kappa shape index (κ3) is 2.12. The van der Waals surface area contributed by atoms with Crippen LogP contribution in [0.5, 0.6) is 0 Å². The molecule has 0 bridgehead atoms. The zero-order valence-corrected chi connectivity index (χ0v) is 11.5. The van der Waals surface area contributed by atoms with Crippen LogP contribution in [0.25, 0.3) is 16.7 Å². The van der Waals surface area contributed by atoms with E-state index in [2.05, 4.69) is 55.3 Å². The summed E-state index contributed by atoms with van der Waals surface area (Å²) in [6.07, 6.45) is 0. The summed E-state index contributed by atoms with van der Waals surface area (Å²) in [4.78, 5) is 0. The normalized spacial score (nSPS) is 11.9. The van der Waals surface area contributed by atoms with E-state index in [1.165, 1.54) is 5.56 Å². The van der Waals surface area contributed by atoms with Gasteiger partial charge in [0.1, 0.15) is 5.52 Å². The van der Waals surface area contributed by atoms with E-state index in [0.29, 0.717) is 0 Å². The fraction of sp³-hybridized carbons (Fsp3) is 0.250. The van der Waals surface area contributed by atoms with Gasteiger partial charge < -0.3 is 0 Å². The summed E-state index contributed by atoms with van der Waals surface area (Å²) < 4.78 is 1.88. The third-order valence-electron chi connectivity index (χ3n) is 3.33. The van der Waals surface area contributed by atoms with Gasteiger partial charge in [-0.3, -0.25) is 0 Å². The lowest BCUT2D eigenvalue weighted by Gasteiger charge is -2.19. The van der Waals surface area contributed by atoms with E-state index in [1.54, 1.807) is 0 Å². The van der Waals surface area contributed by atoms with Crippen molar-refractivity contribution in [1.82, 2.24) is 15.0 Å². The van der Waals surface area contributed by atoms with Gasteiger partial charge in [-0.05, 0) is 35.2 Å². The van der Waals surface area contributed by atoms with Crippen molar-refractivity contribution in [3.05, 3.63) is 54.1 Å². The molecule has 0 aliphatic rings. The van der Waals surface area contributed by atoms with E-state index in [9.17, 15) is 0 Å². The van der Waals surface area contributed by atoms with Crippen LogP contribution in [0.1, 0.15) is 26.3 Å². The van der Waals surface area contributed by atoms with E-state index in [4.69, 9.17) is 0 Å². The Morgan fingerprint density at radius 3 is 2.26 bits per heavy atom. The topological polar surface area (TPSA) is 30.7 Å². The summed E-state index contributed by atoms with van der Waals surface area (Å²) >= 11 is 0. The smallest absolute Gasteiger partial charge is 0.113 e. The van der Waals surface area contributed by atoms with Crippen molar-refractivity contribution >= 4 is 11.0 Å². The van der Waals surface area contributed by atoms with Gasteiger partial charge in [0.25, 0.3) is 0 Å². The van der Waals surface area contributed by atoms with Crippen molar-refractivity contribution in [2.45, 2.75) is 26.2 Å². The van der Waals surface area contributed by atoms with Crippen LogP contribution in [0.3, 0.4) is 0 Å². The Morgan fingerprint density at radius 1 is 0.895 bits per heavy atom. The molecule has 0 unspecified atom stereocenters. The zero-order valence-electron chi connectivity index (χ0n) is 11.5. The molecule has 3 aromatic rings. The second kappa shape index (κ2) is 4.19. The van der Waals surface area contributed by atoms with Gasteiger partial charge in [0.05, 0.1) is 11.2 Å². The molecule has 1 heterocycles. The highest BCUT2D eigenvalue weighted by Gasteiger charge is 2.13. The van der Waals surface area contributed by atoms with Gasteiger partial charge in [-0.15, -0.1) is 5.10 Å². The number of rotatable bonds is 1. The third-order valence-corrected chi connectivity index (χ3v) is 3.33. The number of para-hydroxylation sites is 1. The lowest BCUT2D eigenvalue weighted by molar-refractivity contribution is 0.590. The Hall–Kier alpha value is -2.16. The van der Waals surface area contributed by atoms with Crippen molar-refractivity contribution in [3.63, 3.8) is 0 Å². The molecule has 0 N–H and O–H groups in total. The van der Waals surface area contributed by atoms with Crippen LogP contribution in [0, 0.1) is 0 Å². The molecule has 0 aliphatic carbocycles. The average molecular weight is 251 g/mol. The van der Waals surface area contributed by atoms with E-state index in [0.717, 1.165) is 16.7 Å². The second-order valence-electron chi connectivity index (χ2n) is 5.79. The lowest BCUT2D eigenvalue weighted by atomic mass is 9.87. The van der Waals surface area contributed by atoms with Gasteiger partial charge in [-0.2, -0.15) is 0 Å². The van der Waals surface area contributed by atoms with Crippen LogP contribution in [0.4, 0.5) is 0 Å². The van der Waals surface area contributed by atoms with Gasteiger partial charge in [-0.25, -0.2) is 4.68 Å². The van der Waals surface area contributed by atoms with Crippen LogP contribution in [0.2, 0.25) is 0 Å². The van der Waals surface area contributed by atoms with Crippen LogP contribution in [-0.4, -0.2) is 15.0 Å². The molecule has 2 aromatic carbocycles. The van der Waals surface area contributed by atoms with Crippen molar-refractivity contribution in [3.8, 4) is 5.69 Å². The van der Waals surface area contributed by atoms with Gasteiger partial charge in [0, 0.05) is 0 Å². The molecule has 3 rings (SSSR count). The monoisotopic (exact) mass is 251 g/mol. The summed E-state index contributed by atoms with van der Waals surface area (Å²) in [6.45, 7) is 6.65. The minimum Gasteiger partial charge on any atom is -0.213 e. The number of fused-ring (bicyclic) bond motifs is 1. The first-order valence-electron chi connectivity index (χ1n) is 6.47. The maximum atomic E-state index is 4.22. The van der Waals surface area contributed by atoms with Gasteiger partial charge in [0.15, 0.2) is 0 Å². The predicted octanol–water partition coefficient (Wildman–Crippen LogP) is 3.72. The Balaban J connectivity index is 2.07. The Kier molecular flexibility index (Phi) is 2.63. The van der Waals surface area contributed by atoms with Crippen molar-refractivity contribution < 1.29 is 0 Å². The molecule has 0 radical (unpaired) electrons. The molecule has 0 fully saturated rings. The Morgan fingerprint density at radius 2 is 1.58 bits per heavy atom. The van der Waals surface area contributed by atoms with Crippen LogP contribution in [0.15, 0.2) is 48.5 Å². The number of aromatic nitrogens is 3. The quantitative estimate of drug-likeness (QED) is 0.660. The number of benzene rings is 2. The fourth-order valence-electron chi connectivity index (χ4n) is 2.16. The van der Waals surface area contributed by atoms with Gasteiger partial charge >= 0.3 is 0 Å². The molecule has 96 valence electrons. The minimum absolute atomic E-state index is 0.170. The Labute approximate surface area is 112 Å². The van der Waals surface area contributed by atoms with Crippen molar-refractivity contribution in [1.29, 1.82) is 0 Å². The summed E-state index contributed by atoms with van der Waals surface area (Å²) in [5, 5.41) is 8.40. The van der Waals surface area contributed by atoms with Crippen LogP contribution >= 0.6 is 0 Å². The molecule has 0 spiro atoms.